The summed E-state index contributed by atoms with van der Waals surface area (Å²) in [6, 6.07) is 18.1. The van der Waals surface area contributed by atoms with Gasteiger partial charge in [0.05, 0.1) is 31.0 Å². The number of methoxy groups -OCH3 is 2. The summed E-state index contributed by atoms with van der Waals surface area (Å²) >= 11 is 0. The van der Waals surface area contributed by atoms with Crippen molar-refractivity contribution in [2.24, 2.45) is 0 Å². The fourth-order valence-electron chi connectivity index (χ4n) is 4.76. The van der Waals surface area contributed by atoms with Crippen LogP contribution in [0.15, 0.2) is 66.7 Å². The van der Waals surface area contributed by atoms with E-state index in [9.17, 15) is 18.4 Å². The number of fused-ring (bicyclic) bond motifs is 2. The van der Waals surface area contributed by atoms with Crippen LogP contribution in [-0.2, 0) is 11.2 Å². The Hall–Kier alpha value is -4.79. The number of nitrogens with zero attached hydrogens (tertiary/aromatic N) is 1. The Kier molecular flexibility index (Phi) is 7.72. The average Bonchev–Trinajstić information content (AvgIpc) is 3.36. The molecule has 0 amide bonds. The van der Waals surface area contributed by atoms with Crippen molar-refractivity contribution in [2.75, 3.05) is 20.8 Å². The molecule has 1 aliphatic carbocycles. The van der Waals surface area contributed by atoms with Gasteiger partial charge in [-0.3, -0.25) is 4.79 Å². The molecule has 4 aromatic rings. The molecule has 3 aromatic carbocycles. The highest BCUT2D eigenvalue weighted by molar-refractivity contribution is 6.08. The van der Waals surface area contributed by atoms with Gasteiger partial charge in [-0.25, -0.2) is 9.78 Å². The topological polar surface area (TPSA) is 84.0 Å². The lowest BCUT2D eigenvalue weighted by atomic mass is 10.0. The normalized spacial score (nSPS) is 13.4. The van der Waals surface area contributed by atoms with Crippen LogP contribution in [0.5, 0.6) is 17.2 Å². The summed E-state index contributed by atoms with van der Waals surface area (Å²) in [7, 11) is 3.15. The molecule has 5 rings (SSSR count). The molecule has 0 fully saturated rings. The third-order valence-corrected chi connectivity index (χ3v) is 6.63. The van der Waals surface area contributed by atoms with E-state index in [4.69, 9.17) is 19.2 Å². The zero-order valence-corrected chi connectivity index (χ0v) is 21.8. The molecular weight excluding hydrogens is 520 g/mol. The molecular formula is C31H25F2NO6. The number of aromatic nitrogens is 1. The third kappa shape index (κ3) is 5.49. The number of carbonyl (C=O) groups excluding carboxylic acids is 2. The quantitative estimate of drug-likeness (QED) is 0.178. The predicted molar refractivity (Wildman–Crippen MR) is 145 cm³/mol. The van der Waals surface area contributed by atoms with E-state index in [2.05, 4.69) is 4.74 Å². The second-order valence-electron chi connectivity index (χ2n) is 9.02. The Labute approximate surface area is 229 Å². The van der Waals surface area contributed by atoms with Crippen molar-refractivity contribution in [2.45, 2.75) is 19.5 Å². The van der Waals surface area contributed by atoms with E-state index >= 15 is 0 Å². The molecule has 40 heavy (non-hydrogen) atoms. The van der Waals surface area contributed by atoms with E-state index in [-0.39, 0.29) is 11.3 Å². The summed E-state index contributed by atoms with van der Waals surface area (Å²) in [5.74, 6) is 0.0535. The second kappa shape index (κ2) is 11.5. The van der Waals surface area contributed by atoms with Crippen LogP contribution in [-0.4, -0.2) is 44.2 Å². The number of Topliss-reactive ketones (excluding diaryl/α,β-unsaturated/α-hetero) is 1. The van der Waals surface area contributed by atoms with Crippen LogP contribution in [0, 0.1) is 0 Å². The van der Waals surface area contributed by atoms with Gasteiger partial charge in [0.15, 0.2) is 23.9 Å². The maximum atomic E-state index is 13.4. The van der Waals surface area contributed by atoms with Crippen LogP contribution in [0.1, 0.15) is 44.0 Å². The first-order valence-electron chi connectivity index (χ1n) is 12.5. The van der Waals surface area contributed by atoms with Crippen molar-refractivity contribution < 1.29 is 37.3 Å². The minimum absolute atomic E-state index is 0.0701. The number of halogens is 2. The highest BCUT2D eigenvalue weighted by atomic mass is 19.3. The Morgan fingerprint density at radius 3 is 2.42 bits per heavy atom. The van der Waals surface area contributed by atoms with E-state index in [1.807, 2.05) is 42.5 Å². The lowest BCUT2D eigenvalue weighted by molar-refractivity contribution is -0.0498. The van der Waals surface area contributed by atoms with Gasteiger partial charge >= 0.3 is 12.6 Å². The van der Waals surface area contributed by atoms with Crippen molar-refractivity contribution in [3.63, 3.8) is 0 Å². The molecule has 0 unspecified atom stereocenters. The molecule has 0 N–H and O–H groups in total. The molecule has 0 saturated carbocycles. The number of esters is 1. The Morgan fingerprint density at radius 1 is 0.950 bits per heavy atom. The third-order valence-electron chi connectivity index (χ3n) is 6.63. The maximum Gasteiger partial charge on any atom is 0.387 e. The van der Waals surface area contributed by atoms with Crippen LogP contribution in [0.25, 0.3) is 22.6 Å². The number of para-hydroxylation sites is 1. The highest BCUT2D eigenvalue weighted by Gasteiger charge is 2.28. The lowest BCUT2D eigenvalue weighted by Gasteiger charge is -2.12. The minimum atomic E-state index is -2.96. The summed E-state index contributed by atoms with van der Waals surface area (Å²) in [5.41, 5.74) is 4.55. The van der Waals surface area contributed by atoms with Crippen LogP contribution >= 0.6 is 0 Å². The lowest BCUT2D eigenvalue weighted by Crippen LogP contribution is -2.16. The van der Waals surface area contributed by atoms with Gasteiger partial charge in [0, 0.05) is 10.9 Å². The number of hydrogen-bond donors (Lipinski definition) is 0. The van der Waals surface area contributed by atoms with E-state index in [0.29, 0.717) is 46.5 Å². The second-order valence-corrected chi connectivity index (χ2v) is 9.02. The monoisotopic (exact) mass is 545 g/mol. The van der Waals surface area contributed by atoms with Crippen molar-refractivity contribution in [3.05, 3.63) is 94.7 Å². The van der Waals surface area contributed by atoms with Crippen molar-refractivity contribution in [1.29, 1.82) is 0 Å². The smallest absolute Gasteiger partial charge is 0.387 e. The molecule has 204 valence electrons. The molecule has 0 atom stereocenters. The van der Waals surface area contributed by atoms with E-state index in [0.717, 1.165) is 16.7 Å². The zero-order valence-electron chi connectivity index (χ0n) is 21.8. The van der Waals surface area contributed by atoms with Crippen LogP contribution < -0.4 is 14.2 Å². The SMILES string of the molecule is COc1ccc(/C=C2/CCc3c2nc2ccccc2c3C(=O)OCC(=O)c2ccc(OC(F)F)cc2)cc1OC. The first-order chi connectivity index (χ1) is 19.4. The molecule has 0 radical (unpaired) electrons. The van der Waals surface area contributed by atoms with E-state index in [1.54, 1.807) is 20.3 Å². The molecule has 1 heterocycles. The number of benzene rings is 3. The maximum absolute atomic E-state index is 13.4. The first kappa shape index (κ1) is 26.8. The van der Waals surface area contributed by atoms with Crippen LogP contribution in [0.4, 0.5) is 8.78 Å². The van der Waals surface area contributed by atoms with Gasteiger partial charge in [0.25, 0.3) is 0 Å². The predicted octanol–water partition coefficient (Wildman–Crippen LogP) is 6.38. The number of pyridine rings is 1. The van der Waals surface area contributed by atoms with E-state index in [1.165, 1.54) is 24.3 Å². The summed E-state index contributed by atoms with van der Waals surface area (Å²) < 4.78 is 45.3. The zero-order chi connectivity index (χ0) is 28.2. The van der Waals surface area contributed by atoms with Gasteiger partial charge in [-0.15, -0.1) is 0 Å². The fraction of sp³-hybridized carbons (Fsp3) is 0.194. The Bertz CT molecular complexity index is 1610. The van der Waals surface area contributed by atoms with Crippen molar-refractivity contribution >= 4 is 34.3 Å². The molecule has 0 aliphatic heterocycles. The molecule has 9 heteroatoms. The first-order valence-corrected chi connectivity index (χ1v) is 12.5. The number of ether oxygens (including phenoxy) is 4. The van der Waals surface area contributed by atoms with Gasteiger partial charge in [-0.1, -0.05) is 24.3 Å². The van der Waals surface area contributed by atoms with Crippen LogP contribution in [0.2, 0.25) is 0 Å². The number of alkyl halides is 2. The molecule has 0 bridgehead atoms. The summed E-state index contributed by atoms with van der Waals surface area (Å²) in [4.78, 5) is 30.9. The average molecular weight is 546 g/mol. The molecule has 0 saturated heterocycles. The van der Waals surface area contributed by atoms with Crippen molar-refractivity contribution in [3.8, 4) is 17.2 Å². The number of rotatable bonds is 9. The molecule has 7 nitrogen and oxygen atoms in total. The highest BCUT2D eigenvalue weighted by Crippen LogP contribution is 2.38. The molecule has 0 spiro atoms. The summed E-state index contributed by atoms with van der Waals surface area (Å²) in [6.07, 6.45) is 3.26. The number of carbonyl (C=O) groups is 2. The van der Waals surface area contributed by atoms with Gasteiger partial charge in [0.1, 0.15) is 5.75 Å². The summed E-state index contributed by atoms with van der Waals surface area (Å²) in [6.45, 7) is -3.47. The summed E-state index contributed by atoms with van der Waals surface area (Å²) in [5, 5.41) is 0.638. The largest absolute Gasteiger partial charge is 0.493 e. The molecule has 1 aromatic heterocycles. The van der Waals surface area contributed by atoms with Gasteiger partial charge in [0.2, 0.25) is 0 Å². The fourth-order valence-corrected chi connectivity index (χ4v) is 4.76. The van der Waals surface area contributed by atoms with E-state index < -0.39 is 25.0 Å². The van der Waals surface area contributed by atoms with Gasteiger partial charge in [-0.2, -0.15) is 8.78 Å². The number of ketones is 1. The van der Waals surface area contributed by atoms with Gasteiger partial charge < -0.3 is 18.9 Å². The minimum Gasteiger partial charge on any atom is -0.493 e. The Morgan fingerprint density at radius 2 is 1.70 bits per heavy atom. The van der Waals surface area contributed by atoms with Crippen molar-refractivity contribution in [1.82, 2.24) is 4.98 Å². The number of allylic oxidation sites excluding steroid dienone is 1. The Balaban J connectivity index is 1.42. The van der Waals surface area contributed by atoms with Gasteiger partial charge in [-0.05, 0) is 78.1 Å². The molecule has 1 aliphatic rings. The number of hydrogen-bond acceptors (Lipinski definition) is 7. The van der Waals surface area contributed by atoms with Crippen LogP contribution in [0.3, 0.4) is 0 Å². The standard InChI is InChI=1S/C31H25F2NO6/c1-37-26-14-7-18(16-27(26)38-2)15-20-10-13-23-28(22-5-3-4-6-24(22)34-29(20)23)30(36)39-17-25(35)19-8-11-21(12-9-19)40-31(32)33/h3-9,11-12,14-16,31H,10,13,17H2,1-2H3/b20-15-.